The Labute approximate surface area is 85.5 Å². The van der Waals surface area contributed by atoms with E-state index >= 15 is 0 Å². The zero-order valence-electron chi connectivity index (χ0n) is 9.08. The molecule has 0 heterocycles. The van der Waals surface area contributed by atoms with Gasteiger partial charge in [-0.1, -0.05) is 0 Å². The summed E-state index contributed by atoms with van der Waals surface area (Å²) < 4.78 is 0. The van der Waals surface area contributed by atoms with Crippen molar-refractivity contribution in [1.82, 2.24) is 10.2 Å². The third-order valence-electron chi connectivity index (χ3n) is 1.63. The minimum atomic E-state index is 0.0274. The van der Waals surface area contributed by atoms with Crippen LogP contribution in [-0.4, -0.2) is 30.9 Å². The fourth-order valence-electron chi connectivity index (χ4n) is 0.868. The summed E-state index contributed by atoms with van der Waals surface area (Å²) >= 11 is 0. The van der Waals surface area contributed by atoms with Gasteiger partial charge in [-0.3, -0.25) is 4.79 Å². The monoisotopic (exact) mass is 197 g/mol. The van der Waals surface area contributed by atoms with Gasteiger partial charge in [0.05, 0.1) is 0 Å². The van der Waals surface area contributed by atoms with Gasteiger partial charge in [-0.05, 0) is 26.1 Å². The first-order chi connectivity index (χ1) is 6.57. The van der Waals surface area contributed by atoms with Crippen molar-refractivity contribution < 1.29 is 4.79 Å². The van der Waals surface area contributed by atoms with Crippen molar-refractivity contribution in [3.05, 3.63) is 24.0 Å². The molecule has 0 bridgehead atoms. The molecular weight excluding hydrogens is 178 g/mol. The molecule has 0 saturated carbocycles. The number of nitrogens with one attached hydrogen (secondary N) is 1. The smallest absolute Gasteiger partial charge is 0.223 e. The molecule has 1 amide bonds. The lowest BCUT2D eigenvalue weighted by atomic mass is 10.4. The van der Waals surface area contributed by atoms with Gasteiger partial charge in [0.15, 0.2) is 0 Å². The zero-order chi connectivity index (χ0) is 11.0. The minimum Gasteiger partial charge on any atom is -0.402 e. The van der Waals surface area contributed by atoms with Gasteiger partial charge in [0, 0.05) is 31.9 Å². The number of likely N-dealkylation sites (N-methyl/N-ethyl adjacent to an activating group) is 1. The first kappa shape index (κ1) is 12.7. The molecule has 0 saturated heterocycles. The largest absolute Gasteiger partial charge is 0.402 e. The molecule has 0 aliphatic carbocycles. The average molecular weight is 197 g/mol. The number of rotatable bonds is 5. The number of nitrogens with two attached hydrogens (primary N) is 1. The van der Waals surface area contributed by atoms with E-state index < -0.39 is 0 Å². The predicted molar refractivity (Wildman–Crippen MR) is 58.4 cm³/mol. The number of carbonyl (C=O) groups is 1. The molecule has 0 unspecified atom stereocenters. The van der Waals surface area contributed by atoms with E-state index in [1.54, 1.807) is 37.1 Å². The fraction of sp³-hybridized carbons (Fsp3) is 0.500. The first-order valence-corrected chi connectivity index (χ1v) is 4.60. The van der Waals surface area contributed by atoms with Crippen molar-refractivity contribution in [2.24, 2.45) is 5.73 Å². The average Bonchev–Trinajstić information content (AvgIpc) is 2.09. The molecule has 0 radical (unpaired) electrons. The number of allylic oxidation sites excluding steroid dienone is 3. The standard InChI is InChI=1S/C10H19N3O/c1-9(11)5-4-7-13(10(2)14)8-6-12-3/h4-5,7,12H,6,8,11H2,1-3H3/b7-4+,9-5-. The first-order valence-electron chi connectivity index (χ1n) is 4.60. The fourth-order valence-corrected chi connectivity index (χ4v) is 0.868. The number of nitrogens with zero attached hydrogens (tertiary/aromatic N) is 1. The molecule has 3 N–H and O–H groups in total. The second-order valence-electron chi connectivity index (χ2n) is 3.07. The second-order valence-corrected chi connectivity index (χ2v) is 3.07. The second kappa shape index (κ2) is 7.15. The lowest BCUT2D eigenvalue weighted by molar-refractivity contribution is -0.126. The molecule has 14 heavy (non-hydrogen) atoms. The van der Waals surface area contributed by atoms with E-state index in [-0.39, 0.29) is 5.91 Å². The molecule has 0 aromatic carbocycles. The van der Waals surface area contributed by atoms with E-state index in [1.807, 2.05) is 7.05 Å². The quantitative estimate of drug-likeness (QED) is 0.628. The van der Waals surface area contributed by atoms with E-state index in [1.165, 1.54) is 0 Å². The molecule has 0 aliphatic heterocycles. The summed E-state index contributed by atoms with van der Waals surface area (Å²) in [6.45, 7) is 4.78. The van der Waals surface area contributed by atoms with Gasteiger partial charge in [0.2, 0.25) is 5.91 Å². The van der Waals surface area contributed by atoms with Crippen LogP contribution in [0, 0.1) is 0 Å². The molecule has 0 spiro atoms. The van der Waals surface area contributed by atoms with Crippen LogP contribution in [0.4, 0.5) is 0 Å². The Bertz CT molecular complexity index is 230. The van der Waals surface area contributed by atoms with Crippen molar-refractivity contribution >= 4 is 5.91 Å². The SMILES string of the molecule is CNCCN(/C=C/C=C(/C)N)C(C)=O. The summed E-state index contributed by atoms with van der Waals surface area (Å²) in [5, 5.41) is 2.98. The van der Waals surface area contributed by atoms with Crippen LogP contribution < -0.4 is 11.1 Å². The molecule has 0 fully saturated rings. The molecule has 80 valence electrons. The molecule has 0 aliphatic rings. The maximum absolute atomic E-state index is 11.1. The van der Waals surface area contributed by atoms with Crippen LogP contribution in [0.15, 0.2) is 24.0 Å². The van der Waals surface area contributed by atoms with Gasteiger partial charge in [0.25, 0.3) is 0 Å². The summed E-state index contributed by atoms with van der Waals surface area (Å²) in [6.07, 6.45) is 5.26. The summed E-state index contributed by atoms with van der Waals surface area (Å²) in [5.41, 5.74) is 6.17. The highest BCUT2D eigenvalue weighted by Gasteiger charge is 2.01. The predicted octanol–water partition coefficient (Wildman–Crippen LogP) is 0.430. The Balaban J connectivity index is 4.15. The third kappa shape index (κ3) is 6.25. The highest BCUT2D eigenvalue weighted by Crippen LogP contribution is 1.92. The van der Waals surface area contributed by atoms with Gasteiger partial charge in [-0.25, -0.2) is 0 Å². The molecular formula is C10H19N3O. The Morgan fingerprint density at radius 3 is 2.57 bits per heavy atom. The van der Waals surface area contributed by atoms with E-state index in [0.717, 1.165) is 12.2 Å². The molecule has 4 heteroatoms. The van der Waals surface area contributed by atoms with Gasteiger partial charge in [0.1, 0.15) is 0 Å². The molecule has 0 aromatic rings. The van der Waals surface area contributed by atoms with E-state index in [9.17, 15) is 4.79 Å². The van der Waals surface area contributed by atoms with Crippen LogP contribution in [0.3, 0.4) is 0 Å². The molecule has 0 rings (SSSR count). The van der Waals surface area contributed by atoms with Gasteiger partial charge < -0.3 is 16.0 Å². The normalized spacial score (nSPS) is 12.1. The highest BCUT2D eigenvalue weighted by molar-refractivity contribution is 5.74. The molecule has 0 atom stereocenters. The third-order valence-corrected chi connectivity index (χ3v) is 1.63. The van der Waals surface area contributed by atoms with Crippen molar-refractivity contribution in [3.8, 4) is 0 Å². The van der Waals surface area contributed by atoms with Crippen molar-refractivity contribution in [2.45, 2.75) is 13.8 Å². The van der Waals surface area contributed by atoms with Crippen molar-refractivity contribution in [3.63, 3.8) is 0 Å². The number of amides is 1. The number of hydrogen-bond acceptors (Lipinski definition) is 3. The van der Waals surface area contributed by atoms with Crippen LogP contribution in [0.5, 0.6) is 0 Å². The number of carbonyl (C=O) groups excluding carboxylic acids is 1. The summed E-state index contributed by atoms with van der Waals surface area (Å²) in [5.74, 6) is 0.0274. The van der Waals surface area contributed by atoms with Crippen molar-refractivity contribution in [1.29, 1.82) is 0 Å². The van der Waals surface area contributed by atoms with Gasteiger partial charge in [-0.2, -0.15) is 0 Å². The zero-order valence-corrected chi connectivity index (χ0v) is 9.08. The number of hydrogen-bond donors (Lipinski definition) is 2. The van der Waals surface area contributed by atoms with Gasteiger partial charge >= 0.3 is 0 Å². The Hall–Kier alpha value is -1.29. The van der Waals surface area contributed by atoms with Crippen LogP contribution >= 0.6 is 0 Å². The van der Waals surface area contributed by atoms with E-state index in [0.29, 0.717) is 6.54 Å². The van der Waals surface area contributed by atoms with Crippen LogP contribution in [-0.2, 0) is 4.79 Å². The summed E-state index contributed by atoms with van der Waals surface area (Å²) in [6, 6.07) is 0. The minimum absolute atomic E-state index is 0.0274. The summed E-state index contributed by atoms with van der Waals surface area (Å²) in [7, 11) is 1.85. The van der Waals surface area contributed by atoms with Crippen molar-refractivity contribution in [2.75, 3.05) is 20.1 Å². The Morgan fingerprint density at radius 2 is 2.14 bits per heavy atom. The Morgan fingerprint density at radius 1 is 1.50 bits per heavy atom. The Kier molecular flexibility index (Phi) is 6.49. The maximum atomic E-state index is 11.1. The van der Waals surface area contributed by atoms with Gasteiger partial charge in [-0.15, -0.1) is 0 Å². The van der Waals surface area contributed by atoms with E-state index in [2.05, 4.69) is 5.32 Å². The summed E-state index contributed by atoms with van der Waals surface area (Å²) in [4.78, 5) is 12.8. The molecule has 0 aromatic heterocycles. The van der Waals surface area contributed by atoms with E-state index in [4.69, 9.17) is 5.73 Å². The lowest BCUT2D eigenvalue weighted by Crippen LogP contribution is -2.30. The van der Waals surface area contributed by atoms with Crippen LogP contribution in [0.25, 0.3) is 0 Å². The van der Waals surface area contributed by atoms with Crippen LogP contribution in [0.2, 0.25) is 0 Å². The van der Waals surface area contributed by atoms with Crippen LogP contribution in [0.1, 0.15) is 13.8 Å². The lowest BCUT2D eigenvalue weighted by Gasteiger charge is -2.15. The topological polar surface area (TPSA) is 58.4 Å². The molecule has 4 nitrogen and oxygen atoms in total. The maximum Gasteiger partial charge on any atom is 0.223 e. The highest BCUT2D eigenvalue weighted by atomic mass is 16.2.